The Morgan fingerprint density at radius 1 is 1.03 bits per heavy atom. The molecule has 0 aliphatic heterocycles. The Morgan fingerprint density at radius 3 is 2.43 bits per heavy atom. The quantitative estimate of drug-likeness (QED) is 0.429. The molecule has 3 rings (SSSR count). The number of nitrogens with zero attached hydrogens (tertiary/aromatic N) is 3. The average Bonchev–Trinajstić information content (AvgIpc) is 3.25. The number of aryl methyl sites for hydroxylation is 2. The van der Waals surface area contributed by atoms with E-state index in [1.54, 1.807) is 43.2 Å². The van der Waals surface area contributed by atoms with Gasteiger partial charge in [0.2, 0.25) is 5.91 Å². The molecule has 1 heterocycles. The van der Waals surface area contributed by atoms with E-state index >= 15 is 0 Å². The average molecular weight is 508 g/mol. The Kier molecular flexibility index (Phi) is 8.94. The van der Waals surface area contributed by atoms with E-state index < -0.39 is 6.03 Å². The van der Waals surface area contributed by atoms with E-state index in [-0.39, 0.29) is 31.0 Å². The molecule has 9 nitrogen and oxygen atoms in total. The maximum absolute atomic E-state index is 13.2. The second kappa shape index (κ2) is 11.9. The van der Waals surface area contributed by atoms with Crippen LogP contribution < -0.4 is 15.4 Å². The van der Waals surface area contributed by atoms with Crippen molar-refractivity contribution in [2.24, 2.45) is 0 Å². The van der Waals surface area contributed by atoms with Crippen molar-refractivity contribution in [1.82, 2.24) is 14.7 Å². The molecule has 198 valence electrons. The van der Waals surface area contributed by atoms with Crippen LogP contribution >= 0.6 is 0 Å². The number of nitrogens with one attached hydrogen (secondary N) is 2. The third-order valence-electron chi connectivity index (χ3n) is 5.83. The van der Waals surface area contributed by atoms with E-state index in [9.17, 15) is 9.59 Å². The van der Waals surface area contributed by atoms with E-state index in [0.717, 1.165) is 22.5 Å². The first kappa shape index (κ1) is 27.7. The highest BCUT2D eigenvalue weighted by atomic mass is 16.5. The Labute approximate surface area is 218 Å². The molecule has 1 aromatic heterocycles. The Balaban J connectivity index is 1.83. The molecule has 0 radical (unpaired) electrons. The lowest BCUT2D eigenvalue weighted by molar-refractivity contribution is -0.116. The van der Waals surface area contributed by atoms with Crippen molar-refractivity contribution >= 4 is 23.4 Å². The van der Waals surface area contributed by atoms with E-state index in [2.05, 4.69) is 37.5 Å². The number of carbonyl (C=O) groups is 2. The molecule has 0 aliphatic carbocycles. The zero-order chi connectivity index (χ0) is 27.2. The number of aromatic nitrogens is 2. The molecule has 9 heteroatoms. The van der Waals surface area contributed by atoms with Crippen LogP contribution in [-0.2, 0) is 14.9 Å². The van der Waals surface area contributed by atoms with Gasteiger partial charge in [-0.05, 0) is 37.6 Å². The van der Waals surface area contributed by atoms with Gasteiger partial charge in [0.25, 0.3) is 0 Å². The van der Waals surface area contributed by atoms with Crippen LogP contribution in [0, 0.1) is 13.8 Å². The standard InChI is InChI=1S/C28H37N5O4/c1-19-11-12-23(20(2)15-19)33-25(17-24(31-33)28(3,4)5)30-26(34)18-32(13-14-36-6)27(35)29-21-9-8-10-22(16-21)37-7/h8-12,15-17H,13-14,18H2,1-7H3,(H,29,35)(H,30,34). The van der Waals surface area contributed by atoms with Crippen molar-refractivity contribution in [2.45, 2.75) is 40.0 Å². The summed E-state index contributed by atoms with van der Waals surface area (Å²) in [6.07, 6.45) is 0. The Morgan fingerprint density at radius 2 is 1.78 bits per heavy atom. The lowest BCUT2D eigenvalue weighted by Crippen LogP contribution is -2.42. The largest absolute Gasteiger partial charge is 0.497 e. The molecule has 0 spiro atoms. The van der Waals surface area contributed by atoms with Gasteiger partial charge in [0.1, 0.15) is 18.1 Å². The van der Waals surface area contributed by atoms with Gasteiger partial charge in [0.05, 0.1) is 25.1 Å². The summed E-state index contributed by atoms with van der Waals surface area (Å²) in [5.74, 6) is 0.818. The lowest BCUT2D eigenvalue weighted by Gasteiger charge is -2.22. The van der Waals surface area contributed by atoms with Crippen LogP contribution in [0.15, 0.2) is 48.5 Å². The maximum atomic E-state index is 13.2. The Hall–Kier alpha value is -3.85. The molecule has 2 N–H and O–H groups in total. The summed E-state index contributed by atoms with van der Waals surface area (Å²) in [5, 5.41) is 10.6. The van der Waals surface area contributed by atoms with E-state index in [4.69, 9.17) is 14.6 Å². The van der Waals surface area contributed by atoms with Crippen LogP contribution in [-0.4, -0.2) is 60.5 Å². The number of anilines is 2. The van der Waals surface area contributed by atoms with E-state index in [0.29, 0.717) is 17.3 Å². The van der Waals surface area contributed by atoms with Gasteiger partial charge in [-0.1, -0.05) is 44.5 Å². The van der Waals surface area contributed by atoms with Crippen LogP contribution in [0.1, 0.15) is 37.6 Å². The summed E-state index contributed by atoms with van der Waals surface area (Å²) in [4.78, 5) is 27.6. The summed E-state index contributed by atoms with van der Waals surface area (Å²) in [6, 6.07) is 14.6. The molecule has 3 aromatic rings. The molecule has 0 atom stereocenters. The number of carbonyl (C=O) groups excluding carboxylic acids is 2. The molecule has 3 amide bonds. The number of urea groups is 1. The van der Waals surface area contributed by atoms with Crippen molar-refractivity contribution in [3.63, 3.8) is 0 Å². The minimum absolute atomic E-state index is 0.165. The normalized spacial score (nSPS) is 11.2. The summed E-state index contributed by atoms with van der Waals surface area (Å²) >= 11 is 0. The van der Waals surface area contributed by atoms with Crippen LogP contribution in [0.5, 0.6) is 5.75 Å². The number of amides is 3. The molecule has 0 saturated carbocycles. The van der Waals surface area contributed by atoms with Crippen molar-refractivity contribution in [2.75, 3.05) is 44.5 Å². The summed E-state index contributed by atoms with van der Waals surface area (Å²) in [5.41, 5.74) is 4.25. The predicted molar refractivity (Wildman–Crippen MR) is 146 cm³/mol. The fourth-order valence-corrected chi connectivity index (χ4v) is 3.78. The lowest BCUT2D eigenvalue weighted by atomic mass is 9.92. The molecule has 0 unspecified atom stereocenters. The van der Waals surface area contributed by atoms with Crippen molar-refractivity contribution in [3.8, 4) is 11.4 Å². The van der Waals surface area contributed by atoms with E-state index in [1.807, 2.05) is 32.0 Å². The van der Waals surface area contributed by atoms with Gasteiger partial charge < -0.3 is 25.0 Å². The molecule has 0 saturated heterocycles. The minimum atomic E-state index is -0.418. The molecule has 0 fully saturated rings. The summed E-state index contributed by atoms with van der Waals surface area (Å²) in [6.45, 7) is 10.6. The van der Waals surface area contributed by atoms with Crippen molar-refractivity contribution < 1.29 is 19.1 Å². The SMILES string of the molecule is COCCN(CC(=O)Nc1cc(C(C)(C)C)nn1-c1ccc(C)cc1C)C(=O)Nc1cccc(OC)c1. The fourth-order valence-electron chi connectivity index (χ4n) is 3.78. The highest BCUT2D eigenvalue weighted by Gasteiger charge is 2.24. The van der Waals surface area contributed by atoms with Gasteiger partial charge >= 0.3 is 6.03 Å². The third kappa shape index (κ3) is 7.33. The zero-order valence-electron chi connectivity index (χ0n) is 22.7. The Bertz CT molecular complexity index is 1250. The van der Waals surface area contributed by atoms with Gasteiger partial charge in [0, 0.05) is 36.9 Å². The summed E-state index contributed by atoms with van der Waals surface area (Å²) in [7, 11) is 3.11. The smallest absolute Gasteiger partial charge is 0.322 e. The monoisotopic (exact) mass is 507 g/mol. The third-order valence-corrected chi connectivity index (χ3v) is 5.83. The first-order valence-corrected chi connectivity index (χ1v) is 12.2. The molecule has 0 bridgehead atoms. The zero-order valence-corrected chi connectivity index (χ0v) is 22.7. The van der Waals surface area contributed by atoms with E-state index in [1.165, 1.54) is 4.90 Å². The molecule has 0 aliphatic rings. The highest BCUT2D eigenvalue weighted by molar-refractivity contribution is 5.97. The van der Waals surface area contributed by atoms with Crippen LogP contribution in [0.4, 0.5) is 16.3 Å². The minimum Gasteiger partial charge on any atom is -0.497 e. The van der Waals surface area contributed by atoms with Gasteiger partial charge in [-0.2, -0.15) is 5.10 Å². The van der Waals surface area contributed by atoms with Gasteiger partial charge in [-0.15, -0.1) is 0 Å². The number of hydrogen-bond acceptors (Lipinski definition) is 5. The van der Waals surface area contributed by atoms with Crippen LogP contribution in [0.2, 0.25) is 0 Å². The van der Waals surface area contributed by atoms with Crippen LogP contribution in [0.25, 0.3) is 5.69 Å². The fraction of sp³-hybridized carbons (Fsp3) is 0.393. The first-order valence-electron chi connectivity index (χ1n) is 12.2. The van der Waals surface area contributed by atoms with Crippen molar-refractivity contribution in [1.29, 1.82) is 0 Å². The second-order valence-corrected chi connectivity index (χ2v) is 9.99. The number of rotatable bonds is 9. The van der Waals surface area contributed by atoms with Gasteiger partial charge in [0.15, 0.2) is 0 Å². The van der Waals surface area contributed by atoms with Crippen LogP contribution in [0.3, 0.4) is 0 Å². The number of benzene rings is 2. The molecular weight excluding hydrogens is 470 g/mol. The second-order valence-electron chi connectivity index (χ2n) is 9.99. The number of methoxy groups -OCH3 is 2. The van der Waals surface area contributed by atoms with Gasteiger partial charge in [-0.3, -0.25) is 4.79 Å². The number of ether oxygens (including phenoxy) is 2. The molecule has 2 aromatic carbocycles. The molecule has 37 heavy (non-hydrogen) atoms. The maximum Gasteiger partial charge on any atom is 0.322 e. The number of hydrogen-bond donors (Lipinski definition) is 2. The van der Waals surface area contributed by atoms with Gasteiger partial charge in [-0.25, -0.2) is 9.48 Å². The topological polar surface area (TPSA) is 97.7 Å². The first-order chi connectivity index (χ1) is 17.5. The predicted octanol–water partition coefficient (Wildman–Crippen LogP) is 4.91. The molecular formula is C28H37N5O4. The highest BCUT2D eigenvalue weighted by Crippen LogP contribution is 2.28. The van der Waals surface area contributed by atoms with Crippen molar-refractivity contribution in [3.05, 3.63) is 65.4 Å². The summed E-state index contributed by atoms with van der Waals surface area (Å²) < 4.78 is 12.1.